The lowest BCUT2D eigenvalue weighted by atomic mass is 9.97. The Hall–Kier alpha value is -2.21. The Morgan fingerprint density at radius 3 is 3.04 bits per heavy atom. The normalized spacial score (nSPS) is 18.5. The average molecular weight is 326 g/mol. The summed E-state index contributed by atoms with van der Waals surface area (Å²) in [5.74, 6) is 1.22. The van der Waals surface area contributed by atoms with Crippen LogP contribution in [0.5, 0.6) is 0 Å². The zero-order valence-corrected chi connectivity index (χ0v) is 13.8. The molecule has 0 saturated carbocycles. The van der Waals surface area contributed by atoms with Gasteiger partial charge in [0.15, 0.2) is 11.5 Å². The van der Waals surface area contributed by atoms with Crippen LogP contribution in [-0.4, -0.2) is 38.5 Å². The zero-order valence-electron chi connectivity index (χ0n) is 13.0. The second-order valence-electron chi connectivity index (χ2n) is 5.97. The van der Waals surface area contributed by atoms with Crippen molar-refractivity contribution in [3.05, 3.63) is 41.7 Å². The SMILES string of the molecule is CC(=O)N1CCCC(c2nc3ccc(-c4cccs4)cn3n2)C1. The van der Waals surface area contributed by atoms with Crippen LogP contribution in [0.4, 0.5) is 0 Å². The fourth-order valence-electron chi connectivity index (χ4n) is 3.14. The van der Waals surface area contributed by atoms with E-state index in [1.807, 2.05) is 21.7 Å². The van der Waals surface area contributed by atoms with Crippen LogP contribution < -0.4 is 0 Å². The van der Waals surface area contributed by atoms with E-state index in [-0.39, 0.29) is 11.8 Å². The molecule has 1 fully saturated rings. The summed E-state index contributed by atoms with van der Waals surface area (Å²) in [7, 11) is 0. The molecule has 0 spiro atoms. The van der Waals surface area contributed by atoms with E-state index in [4.69, 9.17) is 0 Å². The van der Waals surface area contributed by atoms with Gasteiger partial charge in [0.05, 0.1) is 0 Å². The molecule has 118 valence electrons. The van der Waals surface area contributed by atoms with E-state index in [0.717, 1.165) is 43.0 Å². The topological polar surface area (TPSA) is 50.5 Å². The van der Waals surface area contributed by atoms with Crippen molar-refractivity contribution in [2.75, 3.05) is 13.1 Å². The van der Waals surface area contributed by atoms with E-state index < -0.39 is 0 Å². The fraction of sp³-hybridized carbons (Fsp3) is 0.353. The fourth-order valence-corrected chi connectivity index (χ4v) is 3.85. The first-order chi connectivity index (χ1) is 11.2. The molecule has 5 nitrogen and oxygen atoms in total. The minimum atomic E-state index is 0.137. The smallest absolute Gasteiger partial charge is 0.219 e. The van der Waals surface area contributed by atoms with Crippen LogP contribution in [-0.2, 0) is 4.79 Å². The number of carbonyl (C=O) groups excluding carboxylic acids is 1. The highest BCUT2D eigenvalue weighted by atomic mass is 32.1. The molecule has 1 aliphatic rings. The molecule has 1 amide bonds. The van der Waals surface area contributed by atoms with E-state index in [2.05, 4.69) is 33.7 Å². The summed E-state index contributed by atoms with van der Waals surface area (Å²) in [6.45, 7) is 3.21. The van der Waals surface area contributed by atoms with Gasteiger partial charge < -0.3 is 4.90 Å². The molecule has 4 rings (SSSR count). The largest absolute Gasteiger partial charge is 0.342 e. The number of carbonyl (C=O) groups is 1. The summed E-state index contributed by atoms with van der Waals surface area (Å²) in [6.07, 6.45) is 4.09. The van der Waals surface area contributed by atoms with Gasteiger partial charge in [-0.3, -0.25) is 4.79 Å². The van der Waals surface area contributed by atoms with Gasteiger partial charge in [-0.25, -0.2) is 9.50 Å². The van der Waals surface area contributed by atoms with Crippen molar-refractivity contribution in [3.63, 3.8) is 0 Å². The van der Waals surface area contributed by atoms with Gasteiger partial charge in [0.1, 0.15) is 0 Å². The maximum atomic E-state index is 11.6. The molecule has 4 heterocycles. The van der Waals surface area contributed by atoms with Crippen LogP contribution in [0.1, 0.15) is 31.5 Å². The predicted octanol–water partition coefficient (Wildman–Crippen LogP) is 3.18. The van der Waals surface area contributed by atoms with Crippen molar-refractivity contribution >= 4 is 22.9 Å². The van der Waals surface area contributed by atoms with Crippen molar-refractivity contribution in [2.24, 2.45) is 0 Å². The third kappa shape index (κ3) is 2.74. The lowest BCUT2D eigenvalue weighted by Crippen LogP contribution is -2.37. The maximum absolute atomic E-state index is 11.6. The van der Waals surface area contributed by atoms with Gasteiger partial charge in [0, 0.05) is 42.6 Å². The van der Waals surface area contributed by atoms with Gasteiger partial charge >= 0.3 is 0 Å². The number of nitrogens with zero attached hydrogens (tertiary/aromatic N) is 4. The Bertz CT molecular complexity index is 840. The van der Waals surface area contributed by atoms with Gasteiger partial charge in [-0.2, -0.15) is 5.10 Å². The zero-order chi connectivity index (χ0) is 15.8. The Balaban J connectivity index is 1.65. The van der Waals surface area contributed by atoms with Crippen LogP contribution in [0.3, 0.4) is 0 Å². The van der Waals surface area contributed by atoms with Crippen molar-refractivity contribution < 1.29 is 4.79 Å². The van der Waals surface area contributed by atoms with Gasteiger partial charge in [-0.15, -0.1) is 11.3 Å². The van der Waals surface area contributed by atoms with Crippen molar-refractivity contribution in [2.45, 2.75) is 25.7 Å². The van der Waals surface area contributed by atoms with Gasteiger partial charge in [-0.05, 0) is 36.4 Å². The average Bonchev–Trinajstić information content (AvgIpc) is 3.23. The molecule has 1 saturated heterocycles. The second-order valence-corrected chi connectivity index (χ2v) is 6.92. The molecule has 0 aliphatic carbocycles. The molecule has 1 unspecified atom stereocenters. The first-order valence-corrected chi connectivity index (χ1v) is 8.74. The van der Waals surface area contributed by atoms with E-state index in [0.29, 0.717) is 0 Å². The lowest BCUT2D eigenvalue weighted by Gasteiger charge is -2.30. The molecular formula is C17H18N4OS. The molecule has 0 N–H and O–H groups in total. The van der Waals surface area contributed by atoms with Gasteiger partial charge in [-0.1, -0.05) is 6.07 Å². The Morgan fingerprint density at radius 1 is 1.35 bits per heavy atom. The first kappa shape index (κ1) is 14.4. The summed E-state index contributed by atoms with van der Waals surface area (Å²) in [5.41, 5.74) is 2.01. The molecule has 23 heavy (non-hydrogen) atoms. The number of aromatic nitrogens is 3. The summed E-state index contributed by atoms with van der Waals surface area (Å²) in [5, 5.41) is 6.75. The molecule has 1 aliphatic heterocycles. The maximum Gasteiger partial charge on any atom is 0.219 e. The third-order valence-electron chi connectivity index (χ3n) is 4.38. The molecule has 0 aromatic carbocycles. The van der Waals surface area contributed by atoms with Crippen molar-refractivity contribution in [1.29, 1.82) is 0 Å². The summed E-state index contributed by atoms with van der Waals surface area (Å²) in [6, 6.07) is 8.25. The number of hydrogen-bond acceptors (Lipinski definition) is 4. The summed E-state index contributed by atoms with van der Waals surface area (Å²) < 4.78 is 1.86. The molecular weight excluding hydrogens is 308 g/mol. The van der Waals surface area contributed by atoms with Crippen LogP contribution in [0, 0.1) is 0 Å². The Labute approximate surface area is 138 Å². The number of rotatable bonds is 2. The van der Waals surface area contributed by atoms with Gasteiger partial charge in [0.2, 0.25) is 5.91 Å². The highest BCUT2D eigenvalue weighted by Crippen LogP contribution is 2.27. The van der Waals surface area contributed by atoms with Crippen molar-refractivity contribution in [1.82, 2.24) is 19.5 Å². The number of hydrogen-bond donors (Lipinski definition) is 0. The lowest BCUT2D eigenvalue weighted by molar-refractivity contribution is -0.130. The number of piperidine rings is 1. The molecule has 0 radical (unpaired) electrons. The van der Waals surface area contributed by atoms with E-state index >= 15 is 0 Å². The first-order valence-electron chi connectivity index (χ1n) is 7.86. The minimum Gasteiger partial charge on any atom is -0.342 e. The molecule has 1 atom stereocenters. The second kappa shape index (κ2) is 5.77. The highest BCUT2D eigenvalue weighted by Gasteiger charge is 2.25. The highest BCUT2D eigenvalue weighted by molar-refractivity contribution is 7.13. The monoisotopic (exact) mass is 326 g/mol. The Morgan fingerprint density at radius 2 is 2.26 bits per heavy atom. The van der Waals surface area contributed by atoms with E-state index in [1.54, 1.807) is 18.3 Å². The standard InChI is InChI=1S/C17H18N4OS/c1-12(22)20-8-2-4-14(10-20)17-18-16-7-6-13(11-21(16)19-17)15-5-3-9-23-15/h3,5-7,9,11,14H,2,4,8,10H2,1H3. The summed E-state index contributed by atoms with van der Waals surface area (Å²) in [4.78, 5) is 19.4. The number of thiophene rings is 1. The van der Waals surface area contributed by atoms with Crippen LogP contribution >= 0.6 is 11.3 Å². The molecule has 6 heteroatoms. The number of fused-ring (bicyclic) bond motifs is 1. The number of amides is 1. The summed E-state index contributed by atoms with van der Waals surface area (Å²) >= 11 is 1.72. The third-order valence-corrected chi connectivity index (χ3v) is 5.30. The van der Waals surface area contributed by atoms with Crippen LogP contribution in [0.2, 0.25) is 0 Å². The van der Waals surface area contributed by atoms with Crippen LogP contribution in [0.25, 0.3) is 16.1 Å². The van der Waals surface area contributed by atoms with Crippen LogP contribution in [0.15, 0.2) is 35.8 Å². The number of pyridine rings is 1. The van der Waals surface area contributed by atoms with E-state index in [9.17, 15) is 4.79 Å². The quantitative estimate of drug-likeness (QED) is 0.727. The molecule has 0 bridgehead atoms. The number of likely N-dealkylation sites (tertiary alicyclic amines) is 1. The van der Waals surface area contributed by atoms with E-state index in [1.165, 1.54) is 4.88 Å². The van der Waals surface area contributed by atoms with Gasteiger partial charge in [0.25, 0.3) is 0 Å². The minimum absolute atomic E-state index is 0.137. The molecule has 3 aromatic rings. The molecule has 3 aromatic heterocycles. The Kier molecular flexibility index (Phi) is 3.61. The predicted molar refractivity (Wildman–Crippen MR) is 90.5 cm³/mol. The van der Waals surface area contributed by atoms with Crippen molar-refractivity contribution in [3.8, 4) is 10.4 Å².